The highest BCUT2D eigenvalue weighted by Crippen LogP contribution is 2.43. The Hall–Kier alpha value is -1.23. The molecule has 3 aliphatic rings. The van der Waals surface area contributed by atoms with Crippen molar-refractivity contribution in [2.75, 3.05) is 41.4 Å². The van der Waals surface area contributed by atoms with Crippen LogP contribution in [0.5, 0.6) is 0 Å². The molecule has 3 atom stereocenters. The van der Waals surface area contributed by atoms with Gasteiger partial charge in [-0.25, -0.2) is 0 Å². The van der Waals surface area contributed by atoms with Crippen LogP contribution in [0, 0.1) is 17.8 Å². The summed E-state index contributed by atoms with van der Waals surface area (Å²) >= 11 is 1.91. The Morgan fingerprint density at radius 1 is 1.14 bits per heavy atom. The molecule has 0 aromatic heterocycles. The molecule has 0 amide bonds. The van der Waals surface area contributed by atoms with Gasteiger partial charge in [0.15, 0.2) is 0 Å². The zero-order valence-electron chi connectivity index (χ0n) is 12.0. The van der Waals surface area contributed by atoms with E-state index < -0.39 is 0 Å². The molecule has 2 bridgehead atoms. The normalized spacial score (nSPS) is 31.2. The number of hydrogen-bond donors (Lipinski definition) is 1. The molecule has 21 heavy (non-hydrogen) atoms. The fourth-order valence-electron chi connectivity index (χ4n) is 3.99. The van der Waals surface area contributed by atoms with E-state index in [4.69, 9.17) is 0 Å². The molecular formula is C16H20N2O2S. The second-order valence-corrected chi connectivity index (χ2v) is 7.63. The quantitative estimate of drug-likeness (QED) is 0.674. The Kier molecular flexibility index (Phi) is 3.32. The number of rotatable bonds is 4. The lowest BCUT2D eigenvalue weighted by atomic mass is 9.93. The summed E-state index contributed by atoms with van der Waals surface area (Å²) in [4.78, 5) is 25.8. The first kappa shape index (κ1) is 13.4. The molecule has 2 aliphatic carbocycles. The van der Waals surface area contributed by atoms with Crippen LogP contribution in [0.15, 0.2) is 21.7 Å². The minimum absolute atomic E-state index is 0.294. The lowest BCUT2D eigenvalue weighted by Crippen LogP contribution is -2.46. The van der Waals surface area contributed by atoms with Gasteiger partial charge in [0.1, 0.15) is 11.4 Å². The van der Waals surface area contributed by atoms with Gasteiger partial charge in [-0.2, -0.15) is 11.8 Å². The van der Waals surface area contributed by atoms with E-state index in [1.54, 1.807) is 0 Å². The molecule has 1 saturated carbocycles. The van der Waals surface area contributed by atoms with Crippen molar-refractivity contribution in [2.45, 2.75) is 12.8 Å². The minimum Gasteiger partial charge on any atom is -0.380 e. The molecule has 1 aromatic rings. The van der Waals surface area contributed by atoms with Crippen LogP contribution < -0.4 is 21.1 Å². The molecule has 0 radical (unpaired) electrons. The van der Waals surface area contributed by atoms with Crippen molar-refractivity contribution in [3.63, 3.8) is 0 Å². The van der Waals surface area contributed by atoms with Gasteiger partial charge in [0, 0.05) is 31.1 Å². The van der Waals surface area contributed by atoms with Crippen LogP contribution in [0.4, 0.5) is 11.4 Å². The first-order valence-corrected chi connectivity index (χ1v) is 8.97. The molecule has 1 aromatic carbocycles. The van der Waals surface area contributed by atoms with Crippen LogP contribution in [0.25, 0.3) is 0 Å². The molecule has 1 saturated heterocycles. The van der Waals surface area contributed by atoms with E-state index in [2.05, 4.69) is 22.4 Å². The average molecular weight is 304 g/mol. The number of thioether (sulfide) groups is 1. The number of allylic oxidation sites excluding steroid dienone is 2. The standard InChI is InChI=1S/C16H20N2O2S/c19-15-13(14(16(15)20)18-3-5-21-6-4-18)17-9-12-8-10-1-2-11(12)7-10/h1-2,10-12,17H,3-9H2/t10-,11-,12-/m0/s1. The smallest absolute Gasteiger partial charge is 0.253 e. The number of anilines is 2. The largest absolute Gasteiger partial charge is 0.380 e. The molecular weight excluding hydrogens is 284 g/mol. The van der Waals surface area contributed by atoms with Gasteiger partial charge in [0.05, 0.1) is 0 Å². The zero-order chi connectivity index (χ0) is 14.4. The first-order valence-electron chi connectivity index (χ1n) is 7.82. The molecule has 0 unspecified atom stereocenters. The van der Waals surface area contributed by atoms with Crippen molar-refractivity contribution >= 4 is 23.1 Å². The van der Waals surface area contributed by atoms with Crippen molar-refractivity contribution in [1.82, 2.24) is 0 Å². The molecule has 4 nitrogen and oxygen atoms in total. The maximum absolute atomic E-state index is 11.9. The van der Waals surface area contributed by atoms with E-state index >= 15 is 0 Å². The van der Waals surface area contributed by atoms with E-state index in [1.807, 2.05) is 11.8 Å². The van der Waals surface area contributed by atoms with E-state index in [1.165, 1.54) is 12.8 Å². The van der Waals surface area contributed by atoms with Crippen molar-refractivity contribution in [3.8, 4) is 0 Å². The maximum atomic E-state index is 11.9. The predicted octanol–water partition coefficient (Wildman–Crippen LogP) is 1.46. The van der Waals surface area contributed by atoms with Gasteiger partial charge in [-0.15, -0.1) is 0 Å². The Morgan fingerprint density at radius 2 is 1.95 bits per heavy atom. The van der Waals surface area contributed by atoms with Crippen LogP contribution in [0.1, 0.15) is 12.8 Å². The monoisotopic (exact) mass is 304 g/mol. The van der Waals surface area contributed by atoms with Gasteiger partial charge in [-0.3, -0.25) is 9.59 Å². The van der Waals surface area contributed by atoms with E-state index in [-0.39, 0.29) is 10.9 Å². The summed E-state index contributed by atoms with van der Waals surface area (Å²) in [6, 6.07) is 0. The number of fused-ring (bicyclic) bond motifs is 2. The Labute approximate surface area is 128 Å². The molecule has 5 heteroatoms. The summed E-state index contributed by atoms with van der Waals surface area (Å²) in [7, 11) is 0. The molecule has 112 valence electrons. The second kappa shape index (κ2) is 5.20. The van der Waals surface area contributed by atoms with Crippen LogP contribution in [-0.4, -0.2) is 31.1 Å². The molecule has 2 fully saturated rings. The fourth-order valence-corrected chi connectivity index (χ4v) is 4.90. The Balaban J connectivity index is 1.45. The summed E-state index contributed by atoms with van der Waals surface area (Å²) in [5.41, 5.74) is 0.622. The van der Waals surface area contributed by atoms with E-state index in [0.717, 1.165) is 37.1 Å². The van der Waals surface area contributed by atoms with E-state index in [9.17, 15) is 9.59 Å². The predicted molar refractivity (Wildman–Crippen MR) is 88.2 cm³/mol. The molecule has 1 heterocycles. The van der Waals surface area contributed by atoms with Crippen LogP contribution in [-0.2, 0) is 0 Å². The van der Waals surface area contributed by atoms with Crippen molar-refractivity contribution in [3.05, 3.63) is 32.6 Å². The van der Waals surface area contributed by atoms with Crippen LogP contribution >= 0.6 is 11.8 Å². The molecule has 1 N–H and O–H groups in total. The summed E-state index contributed by atoms with van der Waals surface area (Å²) in [5, 5.41) is 3.30. The van der Waals surface area contributed by atoms with Crippen molar-refractivity contribution < 1.29 is 0 Å². The third-order valence-electron chi connectivity index (χ3n) is 5.17. The lowest BCUT2D eigenvalue weighted by Gasteiger charge is -2.31. The first-order chi connectivity index (χ1) is 10.2. The fraction of sp³-hybridized carbons (Fsp3) is 0.625. The van der Waals surface area contributed by atoms with Gasteiger partial charge in [0.2, 0.25) is 0 Å². The second-order valence-electron chi connectivity index (χ2n) is 6.40. The Morgan fingerprint density at radius 3 is 2.62 bits per heavy atom. The third kappa shape index (κ3) is 2.22. The highest BCUT2D eigenvalue weighted by atomic mass is 32.2. The number of hydrogen-bond acceptors (Lipinski definition) is 5. The molecule has 1 aliphatic heterocycles. The average Bonchev–Trinajstić information content (AvgIpc) is 3.14. The number of nitrogens with one attached hydrogen (secondary N) is 1. The maximum Gasteiger partial charge on any atom is 0.253 e. The van der Waals surface area contributed by atoms with Crippen LogP contribution in [0.3, 0.4) is 0 Å². The highest BCUT2D eigenvalue weighted by molar-refractivity contribution is 7.99. The van der Waals surface area contributed by atoms with Gasteiger partial charge >= 0.3 is 0 Å². The lowest BCUT2D eigenvalue weighted by molar-refractivity contribution is 0.471. The molecule has 0 spiro atoms. The third-order valence-corrected chi connectivity index (χ3v) is 6.11. The topological polar surface area (TPSA) is 49.4 Å². The number of nitrogens with zero attached hydrogens (tertiary/aromatic N) is 1. The van der Waals surface area contributed by atoms with Crippen molar-refractivity contribution in [2.24, 2.45) is 17.8 Å². The van der Waals surface area contributed by atoms with E-state index in [0.29, 0.717) is 23.2 Å². The SMILES string of the molecule is O=c1c(NC[C@@H]2C[C@H]3C=C[C@H]2C3)c(N2CCSCC2)c1=O. The molecule has 4 rings (SSSR count). The zero-order valence-corrected chi connectivity index (χ0v) is 12.8. The summed E-state index contributed by atoms with van der Waals surface area (Å²) < 4.78 is 0. The highest BCUT2D eigenvalue weighted by Gasteiger charge is 2.36. The van der Waals surface area contributed by atoms with Gasteiger partial charge in [0.25, 0.3) is 10.9 Å². The van der Waals surface area contributed by atoms with Gasteiger partial charge in [-0.1, -0.05) is 12.2 Å². The summed E-state index contributed by atoms with van der Waals surface area (Å²) in [6.45, 7) is 2.58. The van der Waals surface area contributed by atoms with Gasteiger partial charge < -0.3 is 10.2 Å². The van der Waals surface area contributed by atoms with Gasteiger partial charge in [-0.05, 0) is 30.6 Å². The summed E-state index contributed by atoms with van der Waals surface area (Å²) in [5.74, 6) is 4.11. The summed E-state index contributed by atoms with van der Waals surface area (Å²) in [6.07, 6.45) is 7.15. The van der Waals surface area contributed by atoms with Crippen LogP contribution in [0.2, 0.25) is 0 Å². The minimum atomic E-state index is -0.318. The van der Waals surface area contributed by atoms with Crippen molar-refractivity contribution in [1.29, 1.82) is 0 Å². The Bertz CT molecular complexity index is 641.